The average Bonchev–Trinajstić information content (AvgIpc) is 2.55. The maximum Gasteiger partial charge on any atom is 0.151 e. The summed E-state index contributed by atoms with van der Waals surface area (Å²) in [6.07, 6.45) is 1.49. The third-order valence-corrected chi connectivity index (χ3v) is 3.42. The molecular weight excluding hydrogens is 284 g/mol. The Labute approximate surface area is 127 Å². The lowest BCUT2D eigenvalue weighted by atomic mass is 10.00. The van der Waals surface area contributed by atoms with E-state index in [2.05, 4.69) is 15.4 Å². The molecule has 3 aromatic rings. The minimum atomic E-state index is 0.584. The van der Waals surface area contributed by atoms with Gasteiger partial charge in [0.25, 0.3) is 0 Å². The Hall–Kier alpha value is -2.43. The zero-order chi connectivity index (χ0) is 14.7. The standard InChI is InChI=1S/C16H13ClN4/c17-13-8-6-12(7-9-13)15-14(11-4-2-1-3-5-11)16(21-18)20-10-19-15/h1-10H,18H2,(H,19,20,21). The van der Waals surface area contributed by atoms with Crippen LogP contribution >= 0.6 is 11.6 Å². The monoisotopic (exact) mass is 296 g/mol. The highest BCUT2D eigenvalue weighted by Crippen LogP contribution is 2.34. The number of hydrogen-bond donors (Lipinski definition) is 2. The number of hydrazine groups is 1. The summed E-state index contributed by atoms with van der Waals surface area (Å²) in [7, 11) is 0. The van der Waals surface area contributed by atoms with Crippen LogP contribution in [0.5, 0.6) is 0 Å². The van der Waals surface area contributed by atoms with Crippen LogP contribution in [-0.4, -0.2) is 9.97 Å². The Morgan fingerprint density at radius 3 is 2.24 bits per heavy atom. The van der Waals surface area contributed by atoms with Gasteiger partial charge in [-0.15, -0.1) is 0 Å². The third-order valence-electron chi connectivity index (χ3n) is 3.16. The van der Waals surface area contributed by atoms with Crippen LogP contribution in [0.1, 0.15) is 0 Å². The molecule has 0 aliphatic carbocycles. The summed E-state index contributed by atoms with van der Waals surface area (Å²) in [5.41, 5.74) is 6.26. The van der Waals surface area contributed by atoms with Gasteiger partial charge in [-0.3, -0.25) is 0 Å². The van der Waals surface area contributed by atoms with Gasteiger partial charge in [0.2, 0.25) is 0 Å². The third kappa shape index (κ3) is 2.72. The van der Waals surface area contributed by atoms with Crippen molar-refractivity contribution in [1.29, 1.82) is 0 Å². The first-order valence-corrected chi connectivity index (χ1v) is 6.80. The highest BCUT2D eigenvalue weighted by molar-refractivity contribution is 6.30. The fourth-order valence-electron chi connectivity index (χ4n) is 2.20. The van der Waals surface area contributed by atoms with Crippen molar-refractivity contribution in [3.05, 3.63) is 65.9 Å². The van der Waals surface area contributed by atoms with Crippen molar-refractivity contribution in [1.82, 2.24) is 9.97 Å². The summed E-state index contributed by atoms with van der Waals surface area (Å²) in [5, 5.41) is 0.686. The number of aromatic nitrogens is 2. The summed E-state index contributed by atoms with van der Waals surface area (Å²) >= 11 is 5.95. The Kier molecular flexibility index (Phi) is 3.81. The zero-order valence-electron chi connectivity index (χ0n) is 11.1. The van der Waals surface area contributed by atoms with E-state index in [4.69, 9.17) is 17.4 Å². The van der Waals surface area contributed by atoms with Gasteiger partial charge in [-0.25, -0.2) is 15.8 Å². The molecular formula is C16H13ClN4. The second-order valence-corrected chi connectivity index (χ2v) is 4.90. The molecule has 3 N–H and O–H groups in total. The summed E-state index contributed by atoms with van der Waals surface area (Å²) in [5.74, 6) is 6.18. The summed E-state index contributed by atoms with van der Waals surface area (Å²) in [6.45, 7) is 0. The van der Waals surface area contributed by atoms with Crippen LogP contribution < -0.4 is 11.3 Å². The van der Waals surface area contributed by atoms with Gasteiger partial charge in [-0.1, -0.05) is 54.1 Å². The van der Waals surface area contributed by atoms with Gasteiger partial charge in [0, 0.05) is 10.6 Å². The predicted octanol–water partition coefficient (Wildman–Crippen LogP) is 3.75. The second-order valence-electron chi connectivity index (χ2n) is 4.46. The smallest absolute Gasteiger partial charge is 0.151 e. The van der Waals surface area contributed by atoms with Crippen LogP contribution in [0.25, 0.3) is 22.4 Å². The Morgan fingerprint density at radius 1 is 0.857 bits per heavy atom. The molecule has 1 aromatic heterocycles. The molecule has 0 aliphatic heterocycles. The fourth-order valence-corrected chi connectivity index (χ4v) is 2.33. The lowest BCUT2D eigenvalue weighted by Crippen LogP contribution is -2.11. The number of hydrogen-bond acceptors (Lipinski definition) is 4. The van der Waals surface area contributed by atoms with Crippen LogP contribution in [-0.2, 0) is 0 Å². The Morgan fingerprint density at radius 2 is 1.57 bits per heavy atom. The maximum atomic E-state index is 5.95. The largest absolute Gasteiger partial charge is 0.308 e. The van der Waals surface area contributed by atoms with Crippen LogP contribution in [0, 0.1) is 0 Å². The van der Waals surface area contributed by atoms with E-state index in [1.165, 1.54) is 6.33 Å². The van der Waals surface area contributed by atoms with E-state index in [9.17, 15) is 0 Å². The molecule has 0 spiro atoms. The first-order chi connectivity index (χ1) is 10.3. The molecule has 0 fully saturated rings. The van der Waals surface area contributed by atoms with E-state index < -0.39 is 0 Å². The van der Waals surface area contributed by atoms with Crippen LogP contribution in [0.2, 0.25) is 5.02 Å². The van der Waals surface area contributed by atoms with Crippen molar-refractivity contribution in [2.45, 2.75) is 0 Å². The van der Waals surface area contributed by atoms with Crippen molar-refractivity contribution in [2.24, 2.45) is 5.84 Å². The fraction of sp³-hybridized carbons (Fsp3) is 0. The highest BCUT2D eigenvalue weighted by Gasteiger charge is 2.14. The maximum absolute atomic E-state index is 5.95. The molecule has 0 saturated carbocycles. The Bertz CT molecular complexity index is 742. The topological polar surface area (TPSA) is 63.8 Å². The van der Waals surface area contributed by atoms with Crippen LogP contribution in [0.3, 0.4) is 0 Å². The molecule has 3 rings (SSSR count). The Balaban J connectivity index is 2.23. The number of nitrogens with two attached hydrogens (primary N) is 1. The molecule has 21 heavy (non-hydrogen) atoms. The molecule has 4 nitrogen and oxygen atoms in total. The van der Waals surface area contributed by atoms with Crippen LogP contribution in [0.15, 0.2) is 60.9 Å². The van der Waals surface area contributed by atoms with Crippen LogP contribution in [0.4, 0.5) is 5.82 Å². The van der Waals surface area contributed by atoms with E-state index in [0.29, 0.717) is 10.8 Å². The first kappa shape index (κ1) is 13.5. The minimum Gasteiger partial charge on any atom is -0.308 e. The highest BCUT2D eigenvalue weighted by atomic mass is 35.5. The molecule has 0 radical (unpaired) electrons. The zero-order valence-corrected chi connectivity index (χ0v) is 11.9. The van der Waals surface area contributed by atoms with E-state index in [1.807, 2.05) is 54.6 Å². The van der Waals surface area contributed by atoms with Crippen molar-refractivity contribution in [3.63, 3.8) is 0 Å². The van der Waals surface area contributed by atoms with Gasteiger partial charge in [-0.05, 0) is 17.7 Å². The van der Waals surface area contributed by atoms with Crippen molar-refractivity contribution >= 4 is 17.4 Å². The molecule has 0 unspecified atom stereocenters. The number of nitrogens with zero attached hydrogens (tertiary/aromatic N) is 2. The molecule has 2 aromatic carbocycles. The lowest BCUT2D eigenvalue weighted by molar-refractivity contribution is 1.14. The van der Waals surface area contributed by atoms with Gasteiger partial charge in [0.1, 0.15) is 6.33 Å². The van der Waals surface area contributed by atoms with E-state index >= 15 is 0 Å². The lowest BCUT2D eigenvalue weighted by Gasteiger charge is -2.13. The van der Waals surface area contributed by atoms with Gasteiger partial charge >= 0.3 is 0 Å². The number of anilines is 1. The summed E-state index contributed by atoms with van der Waals surface area (Å²) in [4.78, 5) is 8.62. The normalized spacial score (nSPS) is 10.4. The molecule has 5 heteroatoms. The van der Waals surface area contributed by atoms with Gasteiger partial charge in [0.15, 0.2) is 5.82 Å². The van der Waals surface area contributed by atoms with Gasteiger partial charge < -0.3 is 5.43 Å². The first-order valence-electron chi connectivity index (χ1n) is 6.42. The summed E-state index contributed by atoms with van der Waals surface area (Å²) in [6, 6.07) is 17.4. The number of benzene rings is 2. The predicted molar refractivity (Wildman–Crippen MR) is 85.7 cm³/mol. The number of rotatable bonds is 3. The molecule has 0 saturated heterocycles. The van der Waals surface area contributed by atoms with E-state index in [1.54, 1.807) is 0 Å². The number of halogens is 1. The molecule has 0 amide bonds. The van der Waals surface area contributed by atoms with E-state index in [0.717, 1.165) is 22.4 Å². The molecule has 104 valence electrons. The van der Waals surface area contributed by atoms with Crippen molar-refractivity contribution < 1.29 is 0 Å². The molecule has 1 heterocycles. The van der Waals surface area contributed by atoms with E-state index in [-0.39, 0.29) is 0 Å². The van der Waals surface area contributed by atoms with Gasteiger partial charge in [-0.2, -0.15) is 0 Å². The van der Waals surface area contributed by atoms with Crippen molar-refractivity contribution in [2.75, 3.05) is 5.43 Å². The number of nitrogen functional groups attached to an aromatic ring is 1. The summed E-state index contributed by atoms with van der Waals surface area (Å²) < 4.78 is 0. The van der Waals surface area contributed by atoms with Crippen molar-refractivity contribution in [3.8, 4) is 22.4 Å². The number of nitrogens with one attached hydrogen (secondary N) is 1. The SMILES string of the molecule is NNc1ncnc(-c2ccc(Cl)cc2)c1-c1ccccc1. The average molecular weight is 297 g/mol. The van der Waals surface area contributed by atoms with Gasteiger partial charge in [0.05, 0.1) is 11.3 Å². The second kappa shape index (κ2) is 5.91. The molecule has 0 aliphatic rings. The molecule has 0 bridgehead atoms. The quantitative estimate of drug-likeness (QED) is 0.571. The molecule has 0 atom stereocenters. The minimum absolute atomic E-state index is 0.584.